The molecule has 0 aromatic heterocycles. The van der Waals surface area contributed by atoms with E-state index in [0.29, 0.717) is 10.9 Å². The second-order valence-electron chi connectivity index (χ2n) is 4.84. The standard InChI is InChI=1S/C15H22BrClO/c1-3-5-6-11(4-2)9-15(18)12-7-8-14(17)13(16)10-12/h7-8,10-11,15,18H,3-6,9H2,1-2H3. The lowest BCUT2D eigenvalue weighted by Crippen LogP contribution is -2.07. The highest BCUT2D eigenvalue weighted by molar-refractivity contribution is 9.10. The highest BCUT2D eigenvalue weighted by Gasteiger charge is 2.15. The topological polar surface area (TPSA) is 20.2 Å². The molecular weight excluding hydrogens is 312 g/mol. The molecule has 1 nitrogen and oxygen atoms in total. The quantitative estimate of drug-likeness (QED) is 0.674. The summed E-state index contributed by atoms with van der Waals surface area (Å²) in [4.78, 5) is 0. The predicted molar refractivity (Wildman–Crippen MR) is 82.0 cm³/mol. The van der Waals surface area contributed by atoms with Crippen molar-refractivity contribution in [1.82, 2.24) is 0 Å². The van der Waals surface area contributed by atoms with Gasteiger partial charge in [-0.05, 0) is 46.0 Å². The first-order chi connectivity index (χ1) is 8.58. The van der Waals surface area contributed by atoms with Gasteiger partial charge < -0.3 is 5.11 Å². The summed E-state index contributed by atoms with van der Waals surface area (Å²) >= 11 is 9.35. The monoisotopic (exact) mass is 332 g/mol. The van der Waals surface area contributed by atoms with E-state index in [1.807, 2.05) is 18.2 Å². The molecule has 0 radical (unpaired) electrons. The smallest absolute Gasteiger partial charge is 0.0793 e. The molecule has 0 amide bonds. The molecule has 0 aliphatic rings. The van der Waals surface area contributed by atoms with Crippen LogP contribution in [0.15, 0.2) is 22.7 Å². The van der Waals surface area contributed by atoms with E-state index in [0.717, 1.165) is 22.9 Å². The molecule has 2 atom stereocenters. The Bertz CT molecular complexity index is 368. The summed E-state index contributed by atoms with van der Waals surface area (Å²) in [6.07, 6.45) is 5.25. The van der Waals surface area contributed by atoms with Crippen LogP contribution in [-0.2, 0) is 0 Å². The van der Waals surface area contributed by atoms with Crippen molar-refractivity contribution >= 4 is 27.5 Å². The molecule has 0 spiro atoms. The number of unbranched alkanes of at least 4 members (excludes halogenated alkanes) is 1. The molecule has 0 aliphatic carbocycles. The maximum absolute atomic E-state index is 10.3. The van der Waals surface area contributed by atoms with Crippen LogP contribution in [0.25, 0.3) is 0 Å². The SMILES string of the molecule is CCCCC(CC)CC(O)c1ccc(Cl)c(Br)c1. The van der Waals surface area contributed by atoms with Crippen LogP contribution < -0.4 is 0 Å². The lowest BCUT2D eigenvalue weighted by Gasteiger charge is -2.19. The number of aliphatic hydroxyl groups is 1. The van der Waals surface area contributed by atoms with Gasteiger partial charge in [0.05, 0.1) is 11.1 Å². The van der Waals surface area contributed by atoms with Crippen LogP contribution >= 0.6 is 27.5 Å². The van der Waals surface area contributed by atoms with E-state index in [1.54, 1.807) is 0 Å². The molecule has 1 aromatic rings. The van der Waals surface area contributed by atoms with Gasteiger partial charge in [-0.3, -0.25) is 0 Å². The Hall–Kier alpha value is -0.0500. The minimum atomic E-state index is -0.389. The Labute approximate surface area is 124 Å². The lowest BCUT2D eigenvalue weighted by molar-refractivity contribution is 0.139. The van der Waals surface area contributed by atoms with Gasteiger partial charge in [0.1, 0.15) is 0 Å². The van der Waals surface area contributed by atoms with Crippen LogP contribution in [0, 0.1) is 5.92 Å². The van der Waals surface area contributed by atoms with Gasteiger partial charge in [-0.15, -0.1) is 0 Å². The minimum absolute atomic E-state index is 0.389. The van der Waals surface area contributed by atoms with Gasteiger partial charge in [0.15, 0.2) is 0 Å². The van der Waals surface area contributed by atoms with E-state index in [9.17, 15) is 5.11 Å². The van der Waals surface area contributed by atoms with Gasteiger partial charge in [0.2, 0.25) is 0 Å². The zero-order valence-corrected chi connectivity index (χ0v) is 13.5. The van der Waals surface area contributed by atoms with Crippen molar-refractivity contribution in [2.45, 2.75) is 52.1 Å². The van der Waals surface area contributed by atoms with Crippen molar-refractivity contribution in [1.29, 1.82) is 0 Å². The summed E-state index contributed by atoms with van der Waals surface area (Å²) in [6, 6.07) is 5.65. The summed E-state index contributed by atoms with van der Waals surface area (Å²) in [7, 11) is 0. The molecule has 3 heteroatoms. The maximum atomic E-state index is 10.3. The van der Waals surface area contributed by atoms with Crippen molar-refractivity contribution in [2.75, 3.05) is 0 Å². The predicted octanol–water partition coefficient (Wildman–Crippen LogP) is 5.74. The number of halogens is 2. The van der Waals surface area contributed by atoms with Gasteiger partial charge >= 0.3 is 0 Å². The van der Waals surface area contributed by atoms with Crippen molar-refractivity contribution < 1.29 is 5.11 Å². The van der Waals surface area contributed by atoms with E-state index in [-0.39, 0.29) is 6.10 Å². The van der Waals surface area contributed by atoms with Crippen LogP contribution in [0.4, 0.5) is 0 Å². The van der Waals surface area contributed by atoms with E-state index in [2.05, 4.69) is 29.8 Å². The molecule has 1 rings (SSSR count). The van der Waals surface area contributed by atoms with Crippen LogP contribution in [0.5, 0.6) is 0 Å². The Morgan fingerprint density at radius 1 is 1.33 bits per heavy atom. The van der Waals surface area contributed by atoms with Crippen LogP contribution in [0.3, 0.4) is 0 Å². The van der Waals surface area contributed by atoms with Gasteiger partial charge in [-0.25, -0.2) is 0 Å². The number of rotatable bonds is 7. The summed E-state index contributed by atoms with van der Waals surface area (Å²) in [5.74, 6) is 0.606. The van der Waals surface area contributed by atoms with Gasteiger partial charge in [-0.2, -0.15) is 0 Å². The van der Waals surface area contributed by atoms with Gasteiger partial charge in [-0.1, -0.05) is 57.2 Å². The fraction of sp³-hybridized carbons (Fsp3) is 0.600. The average Bonchev–Trinajstić information content (AvgIpc) is 2.37. The minimum Gasteiger partial charge on any atom is -0.388 e. The maximum Gasteiger partial charge on any atom is 0.0793 e. The first kappa shape index (κ1) is 16.0. The third-order valence-electron chi connectivity index (χ3n) is 3.43. The van der Waals surface area contributed by atoms with E-state index in [4.69, 9.17) is 11.6 Å². The van der Waals surface area contributed by atoms with Gasteiger partial charge in [0, 0.05) is 4.47 Å². The van der Waals surface area contributed by atoms with Crippen LogP contribution in [0.2, 0.25) is 5.02 Å². The first-order valence-electron chi connectivity index (χ1n) is 6.71. The number of hydrogen-bond acceptors (Lipinski definition) is 1. The molecule has 18 heavy (non-hydrogen) atoms. The lowest BCUT2D eigenvalue weighted by atomic mass is 9.91. The number of hydrogen-bond donors (Lipinski definition) is 1. The van der Waals surface area contributed by atoms with Crippen molar-refractivity contribution in [3.63, 3.8) is 0 Å². The summed E-state index contributed by atoms with van der Waals surface area (Å²) in [5.41, 5.74) is 0.946. The second-order valence-corrected chi connectivity index (χ2v) is 6.10. The normalized spacial score (nSPS) is 14.5. The van der Waals surface area contributed by atoms with Crippen molar-refractivity contribution in [3.8, 4) is 0 Å². The molecule has 102 valence electrons. The molecular formula is C15H22BrClO. The van der Waals surface area contributed by atoms with Crippen LogP contribution in [-0.4, -0.2) is 5.11 Å². The average molecular weight is 334 g/mol. The zero-order valence-electron chi connectivity index (χ0n) is 11.1. The van der Waals surface area contributed by atoms with E-state index >= 15 is 0 Å². The molecule has 1 N–H and O–H groups in total. The first-order valence-corrected chi connectivity index (χ1v) is 7.88. The van der Waals surface area contributed by atoms with Crippen LogP contribution in [0.1, 0.15) is 57.6 Å². The Kier molecular flexibility index (Phi) is 7.28. The molecule has 0 saturated carbocycles. The second kappa shape index (κ2) is 8.19. The third kappa shape index (κ3) is 4.91. The molecule has 0 bridgehead atoms. The fourth-order valence-corrected chi connectivity index (χ4v) is 2.67. The highest BCUT2D eigenvalue weighted by Crippen LogP contribution is 2.30. The third-order valence-corrected chi connectivity index (χ3v) is 4.64. The molecule has 0 fully saturated rings. The summed E-state index contributed by atoms with van der Waals surface area (Å²) in [6.45, 7) is 4.41. The Morgan fingerprint density at radius 3 is 2.61 bits per heavy atom. The highest BCUT2D eigenvalue weighted by atomic mass is 79.9. The molecule has 0 aliphatic heterocycles. The molecule has 2 unspecified atom stereocenters. The van der Waals surface area contributed by atoms with Crippen molar-refractivity contribution in [3.05, 3.63) is 33.3 Å². The van der Waals surface area contributed by atoms with E-state index < -0.39 is 0 Å². The van der Waals surface area contributed by atoms with E-state index in [1.165, 1.54) is 19.3 Å². The summed E-state index contributed by atoms with van der Waals surface area (Å²) < 4.78 is 0.849. The molecule has 0 heterocycles. The fourth-order valence-electron chi connectivity index (χ4n) is 2.15. The summed E-state index contributed by atoms with van der Waals surface area (Å²) in [5, 5.41) is 11.0. The number of benzene rings is 1. The molecule has 0 saturated heterocycles. The zero-order chi connectivity index (χ0) is 13.5. The van der Waals surface area contributed by atoms with Crippen molar-refractivity contribution in [2.24, 2.45) is 5.92 Å². The molecule has 1 aromatic carbocycles. The number of aliphatic hydroxyl groups excluding tert-OH is 1. The Balaban J connectivity index is 2.62. The van der Waals surface area contributed by atoms with Gasteiger partial charge in [0.25, 0.3) is 0 Å². The largest absolute Gasteiger partial charge is 0.388 e. The Morgan fingerprint density at radius 2 is 2.06 bits per heavy atom.